The fraction of sp³-hybridized carbons (Fsp3) is 0.238. The second-order valence-corrected chi connectivity index (χ2v) is 8.61. The first-order valence-corrected chi connectivity index (χ1v) is 11.3. The number of carbonyl (C=O) groups is 1. The third-order valence-corrected chi connectivity index (χ3v) is 6.12. The number of fused-ring (bicyclic) bond motifs is 1. The topological polar surface area (TPSA) is 90.6 Å². The van der Waals surface area contributed by atoms with Crippen molar-refractivity contribution in [2.24, 2.45) is 0 Å². The number of amides is 1. The van der Waals surface area contributed by atoms with Crippen molar-refractivity contribution in [2.45, 2.75) is 26.4 Å². The van der Waals surface area contributed by atoms with Crippen LogP contribution < -0.4 is 14.8 Å². The molecule has 4 rings (SSSR count). The number of nitrogens with zero attached hydrogens (tertiary/aromatic N) is 4. The van der Waals surface area contributed by atoms with E-state index in [4.69, 9.17) is 32.7 Å². The van der Waals surface area contributed by atoms with Crippen LogP contribution in [-0.2, 0) is 11.2 Å². The molecule has 32 heavy (non-hydrogen) atoms. The van der Waals surface area contributed by atoms with Crippen molar-refractivity contribution >= 4 is 51.1 Å². The summed E-state index contributed by atoms with van der Waals surface area (Å²) >= 11 is 13.5. The van der Waals surface area contributed by atoms with Gasteiger partial charge in [0.15, 0.2) is 11.9 Å². The Morgan fingerprint density at radius 1 is 1.19 bits per heavy atom. The fourth-order valence-electron chi connectivity index (χ4n) is 2.98. The molecule has 2 heterocycles. The van der Waals surface area contributed by atoms with Gasteiger partial charge in [-0.2, -0.15) is 9.61 Å². The lowest BCUT2D eigenvalue weighted by Gasteiger charge is -2.17. The predicted molar refractivity (Wildman–Crippen MR) is 125 cm³/mol. The molecule has 4 aromatic rings. The maximum Gasteiger partial charge on any atom is 0.265 e. The normalized spacial score (nSPS) is 12.0. The Kier molecular flexibility index (Phi) is 6.50. The molecule has 1 unspecified atom stereocenters. The van der Waals surface area contributed by atoms with E-state index in [0.717, 1.165) is 22.8 Å². The fourth-order valence-corrected chi connectivity index (χ4v) is 4.29. The van der Waals surface area contributed by atoms with Gasteiger partial charge in [0.05, 0.1) is 17.8 Å². The van der Waals surface area contributed by atoms with Gasteiger partial charge in [-0.1, -0.05) is 41.5 Å². The first kappa shape index (κ1) is 22.3. The van der Waals surface area contributed by atoms with Gasteiger partial charge in [-0.05, 0) is 43.3 Å². The highest BCUT2D eigenvalue weighted by molar-refractivity contribution is 7.19. The summed E-state index contributed by atoms with van der Waals surface area (Å²) in [6.45, 7) is 3.63. The van der Waals surface area contributed by atoms with Crippen molar-refractivity contribution in [1.29, 1.82) is 0 Å². The standard InChI is InChI=1S/C21H19Cl2N5O3S/c1-4-18-25-26-21-28(18)27-20(32-21)12-5-7-17(30-3)15(9-12)24-19(29)11(2)31-16-8-6-13(22)10-14(16)23/h5-11H,4H2,1-3H3,(H,24,29). The third kappa shape index (κ3) is 4.50. The van der Waals surface area contributed by atoms with Gasteiger partial charge in [0.25, 0.3) is 5.91 Å². The van der Waals surface area contributed by atoms with Crippen LogP contribution in [0.2, 0.25) is 10.0 Å². The van der Waals surface area contributed by atoms with E-state index in [1.165, 1.54) is 18.4 Å². The Morgan fingerprint density at radius 3 is 2.69 bits per heavy atom. The maximum atomic E-state index is 12.8. The average molecular weight is 492 g/mol. The van der Waals surface area contributed by atoms with Crippen LogP contribution in [0.1, 0.15) is 19.7 Å². The molecule has 166 valence electrons. The van der Waals surface area contributed by atoms with Crippen molar-refractivity contribution in [2.75, 3.05) is 12.4 Å². The number of aryl methyl sites for hydroxylation is 1. The largest absolute Gasteiger partial charge is 0.495 e. The Labute approximate surface area is 198 Å². The Balaban J connectivity index is 1.56. The van der Waals surface area contributed by atoms with Crippen LogP contribution in [0.25, 0.3) is 15.5 Å². The zero-order valence-electron chi connectivity index (χ0n) is 17.4. The molecule has 2 aromatic carbocycles. The highest BCUT2D eigenvalue weighted by atomic mass is 35.5. The van der Waals surface area contributed by atoms with E-state index in [0.29, 0.717) is 32.2 Å². The summed E-state index contributed by atoms with van der Waals surface area (Å²) in [7, 11) is 1.54. The van der Waals surface area contributed by atoms with E-state index < -0.39 is 6.10 Å². The van der Waals surface area contributed by atoms with Gasteiger partial charge >= 0.3 is 0 Å². The zero-order chi connectivity index (χ0) is 22.8. The smallest absolute Gasteiger partial charge is 0.265 e. The number of carbonyl (C=O) groups excluding carboxylic acids is 1. The van der Waals surface area contributed by atoms with E-state index >= 15 is 0 Å². The highest BCUT2D eigenvalue weighted by Crippen LogP contribution is 2.33. The van der Waals surface area contributed by atoms with E-state index in [9.17, 15) is 4.79 Å². The van der Waals surface area contributed by atoms with Gasteiger partial charge in [0, 0.05) is 17.0 Å². The summed E-state index contributed by atoms with van der Waals surface area (Å²) in [5.74, 6) is 1.30. The van der Waals surface area contributed by atoms with Crippen molar-refractivity contribution in [3.63, 3.8) is 0 Å². The van der Waals surface area contributed by atoms with Gasteiger partial charge in [-0.3, -0.25) is 4.79 Å². The highest BCUT2D eigenvalue weighted by Gasteiger charge is 2.20. The molecule has 0 saturated heterocycles. The molecule has 8 nitrogen and oxygen atoms in total. The lowest BCUT2D eigenvalue weighted by atomic mass is 10.2. The summed E-state index contributed by atoms with van der Waals surface area (Å²) in [6, 6.07) is 10.3. The van der Waals surface area contributed by atoms with Gasteiger partial charge < -0.3 is 14.8 Å². The molecular formula is C21H19Cl2N5O3S. The molecule has 1 amide bonds. The second kappa shape index (κ2) is 9.32. The summed E-state index contributed by atoms with van der Waals surface area (Å²) < 4.78 is 12.8. The number of nitrogens with one attached hydrogen (secondary N) is 1. The molecule has 0 aliphatic heterocycles. The molecule has 0 fully saturated rings. The monoisotopic (exact) mass is 491 g/mol. The average Bonchev–Trinajstić information content (AvgIpc) is 3.36. The second-order valence-electron chi connectivity index (χ2n) is 6.81. The van der Waals surface area contributed by atoms with Crippen molar-refractivity contribution < 1.29 is 14.3 Å². The first-order valence-electron chi connectivity index (χ1n) is 9.71. The van der Waals surface area contributed by atoms with Crippen LogP contribution in [0.3, 0.4) is 0 Å². The van der Waals surface area contributed by atoms with Crippen LogP contribution in [0.5, 0.6) is 11.5 Å². The number of halogens is 2. The van der Waals surface area contributed by atoms with E-state index in [1.54, 1.807) is 41.8 Å². The first-order chi connectivity index (χ1) is 15.4. The summed E-state index contributed by atoms with van der Waals surface area (Å²) in [4.78, 5) is 13.5. The number of ether oxygens (including phenoxy) is 2. The molecule has 1 N–H and O–H groups in total. The van der Waals surface area contributed by atoms with Gasteiger partial charge in [0.1, 0.15) is 16.5 Å². The lowest BCUT2D eigenvalue weighted by Crippen LogP contribution is -2.30. The van der Waals surface area contributed by atoms with E-state index in [2.05, 4.69) is 20.6 Å². The van der Waals surface area contributed by atoms with Crippen LogP contribution in [0.4, 0.5) is 5.69 Å². The van der Waals surface area contributed by atoms with Crippen LogP contribution >= 0.6 is 34.5 Å². The maximum absolute atomic E-state index is 12.8. The predicted octanol–water partition coefficient (Wildman–Crippen LogP) is 5.14. The van der Waals surface area contributed by atoms with E-state index in [1.807, 2.05) is 13.0 Å². The molecule has 0 radical (unpaired) electrons. The number of anilines is 1. The summed E-state index contributed by atoms with van der Waals surface area (Å²) in [6.07, 6.45) is -0.0903. The minimum absolute atomic E-state index is 0.325. The molecule has 2 aromatic heterocycles. The SMILES string of the molecule is CCc1nnc2sc(-c3ccc(OC)c(NC(=O)C(C)Oc4ccc(Cl)cc4Cl)c3)nn12. The lowest BCUT2D eigenvalue weighted by molar-refractivity contribution is -0.122. The van der Waals surface area contributed by atoms with Crippen LogP contribution in [0, 0.1) is 0 Å². The van der Waals surface area contributed by atoms with Gasteiger partial charge in [-0.25, -0.2) is 0 Å². The van der Waals surface area contributed by atoms with Gasteiger partial charge in [-0.15, -0.1) is 10.2 Å². The number of hydrogen-bond acceptors (Lipinski definition) is 7. The quantitative estimate of drug-likeness (QED) is 0.385. The molecule has 0 aliphatic rings. The number of hydrogen-bond donors (Lipinski definition) is 1. The molecule has 1 atom stereocenters. The Hall–Kier alpha value is -2.88. The molecule has 0 spiro atoms. The third-order valence-electron chi connectivity index (χ3n) is 4.64. The molecule has 0 aliphatic carbocycles. The minimum Gasteiger partial charge on any atom is -0.495 e. The Morgan fingerprint density at radius 2 is 1.97 bits per heavy atom. The van der Waals surface area contributed by atoms with Gasteiger partial charge in [0.2, 0.25) is 4.96 Å². The van der Waals surface area contributed by atoms with E-state index in [-0.39, 0.29) is 5.91 Å². The van der Waals surface area contributed by atoms with Crippen LogP contribution in [0.15, 0.2) is 36.4 Å². The number of rotatable bonds is 7. The zero-order valence-corrected chi connectivity index (χ0v) is 19.8. The number of aromatic nitrogens is 4. The van der Waals surface area contributed by atoms with Crippen molar-refractivity contribution in [1.82, 2.24) is 19.8 Å². The molecular weight excluding hydrogens is 473 g/mol. The van der Waals surface area contributed by atoms with Crippen molar-refractivity contribution in [3.8, 4) is 22.1 Å². The molecule has 11 heteroatoms. The summed E-state index contributed by atoms with van der Waals surface area (Å²) in [5, 5.41) is 17.3. The Bertz CT molecular complexity index is 1290. The number of benzene rings is 2. The molecule has 0 bridgehead atoms. The van der Waals surface area contributed by atoms with Crippen molar-refractivity contribution in [3.05, 3.63) is 52.3 Å². The number of methoxy groups -OCH3 is 1. The van der Waals surface area contributed by atoms with Crippen LogP contribution in [-0.4, -0.2) is 38.9 Å². The molecule has 0 saturated carbocycles. The summed E-state index contributed by atoms with van der Waals surface area (Å²) in [5.41, 5.74) is 1.31. The minimum atomic E-state index is -0.816.